The van der Waals surface area contributed by atoms with Crippen molar-refractivity contribution < 1.29 is 37.8 Å². The van der Waals surface area contributed by atoms with Gasteiger partial charge in [0, 0.05) is 14.1 Å². The fraction of sp³-hybridized carbons (Fsp3) is 0.826. The number of rotatable bonds is 11. The van der Waals surface area contributed by atoms with E-state index in [0.717, 1.165) is 6.92 Å². The predicted molar refractivity (Wildman–Crippen MR) is 127 cm³/mol. The number of hydrogen-bond donors (Lipinski definition) is 4. The minimum Gasteiger partial charge on any atom is -0.444 e. The number of hydrogen-bond acceptors (Lipinski definition) is 6. The Morgan fingerprint density at radius 2 is 1.46 bits per heavy atom. The Balaban J connectivity index is 5.54. The summed E-state index contributed by atoms with van der Waals surface area (Å²) in [6, 6.07) is -3.87. The zero-order valence-electron chi connectivity index (χ0n) is 22.4. The quantitative estimate of drug-likeness (QED) is 0.335. The van der Waals surface area contributed by atoms with Crippen LogP contribution in [0, 0.1) is 11.8 Å². The number of carbonyl (C=O) groups is 4. The number of ether oxygens (including phenoxy) is 1. The molecule has 0 rings (SSSR count). The van der Waals surface area contributed by atoms with Crippen molar-refractivity contribution in [2.75, 3.05) is 14.1 Å². The summed E-state index contributed by atoms with van der Waals surface area (Å²) in [4.78, 5) is 51.0. The number of aliphatic hydroxyl groups excluding tert-OH is 1. The molecule has 0 heterocycles. The Labute approximate surface area is 206 Å². The van der Waals surface area contributed by atoms with E-state index < -0.39 is 59.6 Å². The monoisotopic (exact) mass is 508 g/mol. The second-order valence-corrected chi connectivity index (χ2v) is 10.3. The highest BCUT2D eigenvalue weighted by atomic mass is 19.3. The number of halogens is 2. The highest BCUT2D eigenvalue weighted by Gasteiger charge is 2.50. The standard InChI is InChI=1S/C23H42F2N4O6/c1-11-13(4)16(19(32)29(9)10)27-18(31)15(12(2)3)28-20(33)23(24,25)17(30)14(5)26-21(34)35-22(6,7)8/h12-17,30H,11H2,1-10H3,(H,26,34)(H,27,31)(H,28,33)/t13-,14-,15-,16-,17+/m0/s1. The van der Waals surface area contributed by atoms with Crippen LogP contribution in [-0.4, -0.2) is 83.7 Å². The molecule has 0 aromatic rings. The summed E-state index contributed by atoms with van der Waals surface area (Å²) in [6.45, 7) is 12.5. The summed E-state index contributed by atoms with van der Waals surface area (Å²) in [5, 5.41) is 16.7. The van der Waals surface area contributed by atoms with Crippen LogP contribution in [0.2, 0.25) is 0 Å². The van der Waals surface area contributed by atoms with Gasteiger partial charge in [0.15, 0.2) is 0 Å². The largest absolute Gasteiger partial charge is 0.444 e. The molecule has 0 aliphatic rings. The lowest BCUT2D eigenvalue weighted by molar-refractivity contribution is -0.168. The number of carbonyl (C=O) groups excluding carboxylic acids is 4. The fourth-order valence-electron chi connectivity index (χ4n) is 3.00. The van der Waals surface area contributed by atoms with Crippen molar-refractivity contribution in [3.63, 3.8) is 0 Å². The van der Waals surface area contributed by atoms with E-state index in [0.29, 0.717) is 6.42 Å². The fourth-order valence-corrected chi connectivity index (χ4v) is 3.00. The van der Waals surface area contributed by atoms with Crippen molar-refractivity contribution in [2.24, 2.45) is 11.8 Å². The molecule has 0 fully saturated rings. The van der Waals surface area contributed by atoms with Crippen LogP contribution in [0.25, 0.3) is 0 Å². The van der Waals surface area contributed by atoms with E-state index >= 15 is 0 Å². The number of aliphatic hydroxyl groups is 1. The first-order chi connectivity index (χ1) is 15.8. The van der Waals surface area contributed by atoms with Crippen LogP contribution < -0.4 is 16.0 Å². The van der Waals surface area contributed by atoms with Crippen molar-refractivity contribution in [2.45, 2.75) is 97.6 Å². The summed E-state index contributed by atoms with van der Waals surface area (Å²) in [5.41, 5.74) is -0.895. The topological polar surface area (TPSA) is 137 Å². The molecule has 35 heavy (non-hydrogen) atoms. The molecule has 0 aliphatic heterocycles. The average Bonchev–Trinajstić information content (AvgIpc) is 2.71. The van der Waals surface area contributed by atoms with Crippen LogP contribution >= 0.6 is 0 Å². The lowest BCUT2D eigenvalue weighted by Gasteiger charge is -2.31. The normalized spacial score (nSPS) is 16.4. The van der Waals surface area contributed by atoms with E-state index in [1.165, 1.54) is 32.8 Å². The molecule has 4 N–H and O–H groups in total. The maximum atomic E-state index is 14.8. The van der Waals surface area contributed by atoms with Crippen molar-refractivity contribution in [1.29, 1.82) is 0 Å². The minimum absolute atomic E-state index is 0.250. The number of alkyl carbamates (subject to hydrolysis) is 1. The van der Waals surface area contributed by atoms with Crippen LogP contribution in [0.15, 0.2) is 0 Å². The number of likely N-dealkylation sites (N-methyl/N-ethyl adjacent to an activating group) is 1. The van der Waals surface area contributed by atoms with E-state index in [4.69, 9.17) is 4.74 Å². The number of nitrogens with one attached hydrogen (secondary N) is 3. The van der Waals surface area contributed by atoms with E-state index in [1.807, 2.05) is 12.2 Å². The second kappa shape index (κ2) is 13.0. The maximum absolute atomic E-state index is 14.8. The molecular formula is C23H42F2N4O6. The van der Waals surface area contributed by atoms with E-state index in [1.54, 1.807) is 27.7 Å². The second-order valence-electron chi connectivity index (χ2n) is 10.3. The zero-order valence-corrected chi connectivity index (χ0v) is 22.4. The van der Waals surface area contributed by atoms with Crippen molar-refractivity contribution in [1.82, 2.24) is 20.9 Å². The lowest BCUT2D eigenvalue weighted by atomic mass is 9.96. The van der Waals surface area contributed by atoms with E-state index in [9.17, 15) is 33.1 Å². The third kappa shape index (κ3) is 9.95. The van der Waals surface area contributed by atoms with Gasteiger partial charge >= 0.3 is 12.0 Å². The molecular weight excluding hydrogens is 466 g/mol. The first kappa shape index (κ1) is 32.5. The molecule has 0 aromatic heterocycles. The summed E-state index contributed by atoms with van der Waals surface area (Å²) >= 11 is 0. The van der Waals surface area contributed by atoms with Crippen LogP contribution in [0.5, 0.6) is 0 Å². The van der Waals surface area contributed by atoms with Crippen LogP contribution in [0.3, 0.4) is 0 Å². The van der Waals surface area contributed by atoms with Gasteiger partial charge < -0.3 is 30.7 Å². The summed E-state index contributed by atoms with van der Waals surface area (Å²) in [5.74, 6) is -8.28. The van der Waals surface area contributed by atoms with Gasteiger partial charge in [-0.05, 0) is 39.5 Å². The highest BCUT2D eigenvalue weighted by molar-refractivity contribution is 5.94. The molecule has 0 unspecified atom stereocenters. The first-order valence-electron chi connectivity index (χ1n) is 11.6. The SMILES string of the molecule is CC[C@H](C)[C@H](NC(=O)[C@@H](NC(=O)C(F)(F)[C@H](O)[C@H](C)NC(=O)OC(C)(C)C)C(C)C)C(=O)N(C)C. The molecule has 204 valence electrons. The van der Waals surface area contributed by atoms with Gasteiger partial charge in [0.05, 0.1) is 6.04 Å². The van der Waals surface area contributed by atoms with Gasteiger partial charge in [0.25, 0.3) is 5.91 Å². The Hall–Kier alpha value is -2.50. The molecule has 0 aromatic carbocycles. The van der Waals surface area contributed by atoms with Gasteiger partial charge in [-0.25, -0.2) is 4.79 Å². The third-order valence-corrected chi connectivity index (χ3v) is 5.35. The molecule has 5 atom stereocenters. The number of amides is 4. The average molecular weight is 509 g/mol. The minimum atomic E-state index is -4.35. The smallest absolute Gasteiger partial charge is 0.407 e. The summed E-state index contributed by atoms with van der Waals surface area (Å²) in [7, 11) is 3.06. The van der Waals surface area contributed by atoms with Gasteiger partial charge in [-0.15, -0.1) is 0 Å². The number of nitrogens with zero attached hydrogens (tertiary/aromatic N) is 1. The highest BCUT2D eigenvalue weighted by Crippen LogP contribution is 2.23. The summed E-state index contributed by atoms with van der Waals surface area (Å²) < 4.78 is 34.5. The molecule has 12 heteroatoms. The lowest BCUT2D eigenvalue weighted by Crippen LogP contribution is -2.62. The Kier molecular flexibility index (Phi) is 12.1. The van der Waals surface area contributed by atoms with Gasteiger partial charge in [-0.2, -0.15) is 8.78 Å². The van der Waals surface area contributed by atoms with Crippen LogP contribution in [-0.2, 0) is 19.1 Å². The van der Waals surface area contributed by atoms with E-state index in [2.05, 4.69) is 10.6 Å². The first-order valence-corrected chi connectivity index (χ1v) is 11.6. The molecule has 0 bridgehead atoms. The van der Waals surface area contributed by atoms with Gasteiger partial charge in [-0.3, -0.25) is 14.4 Å². The molecule has 0 saturated carbocycles. The van der Waals surface area contributed by atoms with Crippen LogP contribution in [0.1, 0.15) is 61.8 Å². The van der Waals surface area contributed by atoms with Crippen molar-refractivity contribution in [3.05, 3.63) is 0 Å². The molecule has 0 spiro atoms. The van der Waals surface area contributed by atoms with Crippen molar-refractivity contribution in [3.8, 4) is 0 Å². The van der Waals surface area contributed by atoms with Gasteiger partial charge in [-0.1, -0.05) is 34.1 Å². The third-order valence-electron chi connectivity index (χ3n) is 5.35. The zero-order chi connectivity index (χ0) is 27.9. The van der Waals surface area contributed by atoms with Gasteiger partial charge in [0.1, 0.15) is 23.8 Å². The van der Waals surface area contributed by atoms with E-state index in [-0.39, 0.29) is 11.8 Å². The Bertz CT molecular complexity index is 755. The summed E-state index contributed by atoms with van der Waals surface area (Å²) in [6.07, 6.45) is -3.08. The molecule has 4 amide bonds. The van der Waals surface area contributed by atoms with Crippen LogP contribution in [0.4, 0.5) is 13.6 Å². The molecule has 0 aliphatic carbocycles. The number of alkyl halides is 2. The Morgan fingerprint density at radius 3 is 1.86 bits per heavy atom. The molecule has 10 nitrogen and oxygen atoms in total. The molecule has 0 saturated heterocycles. The maximum Gasteiger partial charge on any atom is 0.407 e. The Morgan fingerprint density at radius 1 is 0.943 bits per heavy atom. The predicted octanol–water partition coefficient (Wildman–Crippen LogP) is 1.66. The van der Waals surface area contributed by atoms with Crippen molar-refractivity contribution >= 4 is 23.8 Å². The van der Waals surface area contributed by atoms with Gasteiger partial charge in [0.2, 0.25) is 11.8 Å². The molecule has 0 radical (unpaired) electrons.